The molecule has 0 fully saturated rings. The van der Waals surface area contributed by atoms with E-state index in [0.717, 1.165) is 19.4 Å². The van der Waals surface area contributed by atoms with Gasteiger partial charge in [-0.15, -0.1) is 0 Å². The molecule has 84 valence electrons. The first-order chi connectivity index (χ1) is 6.57. The lowest BCUT2D eigenvalue weighted by molar-refractivity contribution is -0.122. The highest BCUT2D eigenvalue weighted by atomic mass is 16.1. The van der Waals surface area contributed by atoms with Crippen LogP contribution in [-0.2, 0) is 4.79 Å². The van der Waals surface area contributed by atoms with E-state index in [-0.39, 0.29) is 5.91 Å². The summed E-state index contributed by atoms with van der Waals surface area (Å²) in [5, 5.41) is 2.91. The molecule has 0 rings (SSSR count). The van der Waals surface area contributed by atoms with Gasteiger partial charge in [0.25, 0.3) is 0 Å². The monoisotopic (exact) mass is 200 g/mol. The summed E-state index contributed by atoms with van der Waals surface area (Å²) in [6.07, 6.45) is 2.61. The predicted octanol–water partition coefficient (Wildman–Crippen LogP) is 1.52. The van der Waals surface area contributed by atoms with E-state index < -0.39 is 0 Å². The molecule has 0 aliphatic carbocycles. The first kappa shape index (κ1) is 13.4. The van der Waals surface area contributed by atoms with Crippen molar-refractivity contribution in [3.8, 4) is 0 Å². The molecule has 3 heteroatoms. The van der Waals surface area contributed by atoms with Crippen molar-refractivity contribution in [2.24, 2.45) is 17.6 Å². The summed E-state index contributed by atoms with van der Waals surface area (Å²) < 4.78 is 0. The van der Waals surface area contributed by atoms with Gasteiger partial charge in [-0.3, -0.25) is 4.79 Å². The van der Waals surface area contributed by atoms with Gasteiger partial charge in [-0.25, -0.2) is 0 Å². The first-order valence-electron chi connectivity index (χ1n) is 5.54. The van der Waals surface area contributed by atoms with Crippen molar-refractivity contribution in [1.82, 2.24) is 5.32 Å². The lowest BCUT2D eigenvalue weighted by atomic mass is 9.94. The van der Waals surface area contributed by atoms with Gasteiger partial charge in [0.1, 0.15) is 0 Å². The minimum absolute atomic E-state index is 0.170. The highest BCUT2D eigenvalue weighted by Gasteiger charge is 2.11. The van der Waals surface area contributed by atoms with Gasteiger partial charge >= 0.3 is 0 Å². The van der Waals surface area contributed by atoms with E-state index in [4.69, 9.17) is 5.73 Å². The lowest BCUT2D eigenvalue weighted by Gasteiger charge is -2.14. The topological polar surface area (TPSA) is 55.1 Å². The number of carbonyl (C=O) groups excluding carboxylic acids is 1. The average Bonchev–Trinajstić information content (AvgIpc) is 2.12. The number of nitrogens with two attached hydrogens (primary N) is 1. The smallest absolute Gasteiger partial charge is 0.220 e. The Balaban J connectivity index is 3.45. The number of nitrogens with one attached hydrogen (secondary N) is 1. The Morgan fingerprint density at radius 2 is 1.93 bits per heavy atom. The quantitative estimate of drug-likeness (QED) is 0.612. The maximum absolute atomic E-state index is 11.4. The zero-order chi connectivity index (χ0) is 11.0. The second-order valence-electron chi connectivity index (χ2n) is 4.27. The molecule has 14 heavy (non-hydrogen) atoms. The Kier molecular flexibility index (Phi) is 7.48. The molecular formula is C11H24N2O. The van der Waals surface area contributed by atoms with Crippen LogP contribution in [0.4, 0.5) is 0 Å². The van der Waals surface area contributed by atoms with Crippen LogP contribution >= 0.6 is 0 Å². The number of rotatable bonds is 7. The summed E-state index contributed by atoms with van der Waals surface area (Å²) >= 11 is 0. The Morgan fingerprint density at radius 3 is 2.43 bits per heavy atom. The summed E-state index contributed by atoms with van der Waals surface area (Å²) in [5.41, 5.74) is 5.35. The maximum atomic E-state index is 11.4. The van der Waals surface area contributed by atoms with E-state index in [1.54, 1.807) is 0 Å². The van der Waals surface area contributed by atoms with E-state index in [9.17, 15) is 4.79 Å². The molecule has 1 atom stereocenters. The fourth-order valence-corrected chi connectivity index (χ4v) is 1.10. The summed E-state index contributed by atoms with van der Waals surface area (Å²) in [6, 6.07) is 0. The molecule has 1 amide bonds. The molecule has 0 bridgehead atoms. The summed E-state index contributed by atoms with van der Waals surface area (Å²) in [5.74, 6) is 1.21. The van der Waals surface area contributed by atoms with Crippen LogP contribution in [0, 0.1) is 11.8 Å². The van der Waals surface area contributed by atoms with Gasteiger partial charge in [-0.1, -0.05) is 20.8 Å². The molecule has 0 aliphatic heterocycles. The fourth-order valence-electron chi connectivity index (χ4n) is 1.10. The highest BCUT2D eigenvalue weighted by molar-refractivity contribution is 5.76. The second-order valence-corrected chi connectivity index (χ2v) is 4.27. The van der Waals surface area contributed by atoms with Crippen molar-refractivity contribution in [2.75, 3.05) is 13.1 Å². The van der Waals surface area contributed by atoms with Crippen LogP contribution < -0.4 is 11.1 Å². The third-order valence-electron chi connectivity index (χ3n) is 2.60. The Hall–Kier alpha value is -0.570. The minimum Gasteiger partial charge on any atom is -0.356 e. The van der Waals surface area contributed by atoms with Gasteiger partial charge in [-0.2, -0.15) is 0 Å². The van der Waals surface area contributed by atoms with Crippen molar-refractivity contribution >= 4 is 5.91 Å². The summed E-state index contributed by atoms with van der Waals surface area (Å²) in [4.78, 5) is 11.4. The van der Waals surface area contributed by atoms with E-state index in [0.29, 0.717) is 24.8 Å². The molecule has 0 saturated carbocycles. The standard InChI is InChI=1S/C11H24N2O/c1-9(2)10(3)8-11(14)13-7-5-4-6-12/h9-10H,4-8,12H2,1-3H3,(H,13,14). The molecule has 0 saturated heterocycles. The number of hydrogen-bond donors (Lipinski definition) is 2. The molecule has 3 N–H and O–H groups in total. The zero-order valence-corrected chi connectivity index (χ0v) is 9.68. The Morgan fingerprint density at radius 1 is 1.29 bits per heavy atom. The summed E-state index contributed by atoms with van der Waals surface area (Å²) in [7, 11) is 0. The normalized spacial score (nSPS) is 12.9. The molecule has 3 nitrogen and oxygen atoms in total. The minimum atomic E-state index is 0.170. The predicted molar refractivity (Wildman–Crippen MR) is 59.9 cm³/mol. The molecule has 0 aromatic rings. The van der Waals surface area contributed by atoms with Gasteiger partial charge in [0, 0.05) is 13.0 Å². The van der Waals surface area contributed by atoms with Gasteiger partial charge < -0.3 is 11.1 Å². The van der Waals surface area contributed by atoms with Crippen LogP contribution in [-0.4, -0.2) is 19.0 Å². The first-order valence-corrected chi connectivity index (χ1v) is 5.54. The number of unbranched alkanes of at least 4 members (excludes halogenated alkanes) is 1. The van der Waals surface area contributed by atoms with E-state index in [2.05, 4.69) is 26.1 Å². The average molecular weight is 200 g/mol. The van der Waals surface area contributed by atoms with E-state index in [1.807, 2.05) is 0 Å². The van der Waals surface area contributed by atoms with Gasteiger partial charge in [-0.05, 0) is 31.2 Å². The van der Waals surface area contributed by atoms with Gasteiger partial charge in [0.15, 0.2) is 0 Å². The summed E-state index contributed by atoms with van der Waals surface area (Å²) in [6.45, 7) is 7.88. The van der Waals surface area contributed by atoms with Crippen molar-refractivity contribution in [2.45, 2.75) is 40.0 Å². The molecule has 0 heterocycles. The van der Waals surface area contributed by atoms with Crippen molar-refractivity contribution in [3.05, 3.63) is 0 Å². The van der Waals surface area contributed by atoms with Gasteiger partial charge in [0.2, 0.25) is 5.91 Å². The van der Waals surface area contributed by atoms with Crippen molar-refractivity contribution < 1.29 is 4.79 Å². The molecule has 0 spiro atoms. The SMILES string of the molecule is CC(C)C(C)CC(=O)NCCCCN. The molecule has 1 unspecified atom stereocenters. The third kappa shape index (κ3) is 6.89. The second kappa shape index (κ2) is 7.80. The van der Waals surface area contributed by atoms with Crippen LogP contribution in [0.3, 0.4) is 0 Å². The van der Waals surface area contributed by atoms with Crippen LogP contribution in [0.5, 0.6) is 0 Å². The number of carbonyl (C=O) groups is 1. The molecular weight excluding hydrogens is 176 g/mol. The van der Waals surface area contributed by atoms with E-state index in [1.165, 1.54) is 0 Å². The zero-order valence-electron chi connectivity index (χ0n) is 9.68. The highest BCUT2D eigenvalue weighted by Crippen LogP contribution is 2.13. The molecule has 0 aromatic carbocycles. The Labute approximate surface area is 87.4 Å². The van der Waals surface area contributed by atoms with E-state index >= 15 is 0 Å². The van der Waals surface area contributed by atoms with Crippen LogP contribution in [0.25, 0.3) is 0 Å². The lowest BCUT2D eigenvalue weighted by Crippen LogP contribution is -2.27. The molecule has 0 radical (unpaired) electrons. The molecule has 0 aliphatic rings. The number of amides is 1. The Bertz CT molecular complexity index is 157. The van der Waals surface area contributed by atoms with Crippen molar-refractivity contribution in [3.63, 3.8) is 0 Å². The third-order valence-corrected chi connectivity index (χ3v) is 2.60. The van der Waals surface area contributed by atoms with Crippen LogP contribution in [0.1, 0.15) is 40.0 Å². The molecule has 0 aromatic heterocycles. The van der Waals surface area contributed by atoms with Crippen LogP contribution in [0.15, 0.2) is 0 Å². The largest absolute Gasteiger partial charge is 0.356 e. The van der Waals surface area contributed by atoms with Crippen molar-refractivity contribution in [1.29, 1.82) is 0 Å². The van der Waals surface area contributed by atoms with Crippen LogP contribution in [0.2, 0.25) is 0 Å². The number of hydrogen-bond acceptors (Lipinski definition) is 2. The van der Waals surface area contributed by atoms with Gasteiger partial charge in [0.05, 0.1) is 0 Å². The maximum Gasteiger partial charge on any atom is 0.220 e. The fraction of sp³-hybridized carbons (Fsp3) is 0.909.